The molecule has 0 aliphatic carbocycles. The van der Waals surface area contributed by atoms with Crippen molar-refractivity contribution in [1.29, 1.82) is 0 Å². The molecular formula is C25H30N4O3S. The molecule has 7 nitrogen and oxygen atoms in total. The Balaban J connectivity index is 1.26. The Morgan fingerprint density at radius 1 is 1.15 bits per heavy atom. The summed E-state index contributed by atoms with van der Waals surface area (Å²) in [5.41, 5.74) is 0.723. The number of likely N-dealkylation sites (tertiary alicyclic amines) is 1. The normalized spacial score (nSPS) is 14.4. The van der Waals surface area contributed by atoms with E-state index in [2.05, 4.69) is 17.1 Å². The number of aryl methyl sites for hydroxylation is 1. The van der Waals surface area contributed by atoms with Gasteiger partial charge in [0.1, 0.15) is 0 Å². The number of carbonyl (C=O) groups is 2. The van der Waals surface area contributed by atoms with Gasteiger partial charge in [-0.1, -0.05) is 36.3 Å². The number of carbonyl (C=O) groups excluding carboxylic acids is 2. The van der Waals surface area contributed by atoms with E-state index in [0.717, 1.165) is 36.2 Å². The number of benzene rings is 1. The van der Waals surface area contributed by atoms with Crippen LogP contribution in [0.15, 0.2) is 52.4 Å². The minimum Gasteiger partial charge on any atom is -0.340 e. The van der Waals surface area contributed by atoms with Crippen LogP contribution in [0.3, 0.4) is 0 Å². The monoisotopic (exact) mass is 466 g/mol. The maximum absolute atomic E-state index is 13.0. The van der Waals surface area contributed by atoms with Gasteiger partial charge in [-0.2, -0.15) is 4.98 Å². The molecule has 0 spiro atoms. The smallest absolute Gasteiger partial charge is 0.253 e. The Labute approximate surface area is 198 Å². The van der Waals surface area contributed by atoms with E-state index in [1.165, 1.54) is 0 Å². The van der Waals surface area contributed by atoms with Crippen LogP contribution < -0.4 is 0 Å². The first kappa shape index (κ1) is 23.2. The molecule has 2 aromatic heterocycles. The van der Waals surface area contributed by atoms with Crippen molar-refractivity contribution in [2.45, 2.75) is 51.5 Å². The van der Waals surface area contributed by atoms with Crippen molar-refractivity contribution in [2.24, 2.45) is 0 Å². The molecule has 0 radical (unpaired) electrons. The van der Waals surface area contributed by atoms with E-state index in [0.29, 0.717) is 44.1 Å². The first-order chi connectivity index (χ1) is 16.2. The minimum atomic E-state index is 0.0730. The van der Waals surface area contributed by atoms with Crippen molar-refractivity contribution in [3.63, 3.8) is 0 Å². The third kappa shape index (κ3) is 5.87. The number of hydrogen-bond donors (Lipinski definition) is 0. The van der Waals surface area contributed by atoms with Gasteiger partial charge in [0.25, 0.3) is 5.91 Å². The van der Waals surface area contributed by atoms with Crippen molar-refractivity contribution >= 4 is 23.2 Å². The Bertz CT molecular complexity index is 1030. The molecule has 174 valence electrons. The molecule has 0 N–H and O–H groups in total. The van der Waals surface area contributed by atoms with Gasteiger partial charge in [0.05, 0.1) is 4.88 Å². The summed E-state index contributed by atoms with van der Waals surface area (Å²) in [4.78, 5) is 35.1. The first-order valence-electron chi connectivity index (χ1n) is 11.7. The van der Waals surface area contributed by atoms with E-state index in [1.807, 2.05) is 57.6 Å². The number of hydrogen-bond acceptors (Lipinski definition) is 6. The quantitative estimate of drug-likeness (QED) is 0.458. The van der Waals surface area contributed by atoms with E-state index >= 15 is 0 Å². The Morgan fingerprint density at radius 3 is 2.64 bits per heavy atom. The molecule has 8 heteroatoms. The number of aromatic nitrogens is 2. The molecule has 1 fully saturated rings. The van der Waals surface area contributed by atoms with Gasteiger partial charge in [-0.25, -0.2) is 0 Å². The Kier molecular flexibility index (Phi) is 7.88. The van der Waals surface area contributed by atoms with Gasteiger partial charge >= 0.3 is 0 Å². The highest BCUT2D eigenvalue weighted by molar-refractivity contribution is 7.13. The zero-order chi connectivity index (χ0) is 23.0. The van der Waals surface area contributed by atoms with Crippen LogP contribution in [0.1, 0.15) is 55.3 Å². The summed E-state index contributed by atoms with van der Waals surface area (Å²) >= 11 is 1.57. The molecule has 33 heavy (non-hydrogen) atoms. The number of amides is 2. The summed E-state index contributed by atoms with van der Waals surface area (Å²) in [6.07, 6.45) is 4.28. The van der Waals surface area contributed by atoms with Crippen LogP contribution in [0.25, 0.3) is 10.7 Å². The van der Waals surface area contributed by atoms with Gasteiger partial charge in [0.15, 0.2) is 0 Å². The Morgan fingerprint density at radius 2 is 1.94 bits per heavy atom. The van der Waals surface area contributed by atoms with Crippen LogP contribution in [0.5, 0.6) is 0 Å². The van der Waals surface area contributed by atoms with Crippen LogP contribution in [0.2, 0.25) is 0 Å². The van der Waals surface area contributed by atoms with Crippen molar-refractivity contribution in [3.05, 3.63) is 59.3 Å². The fraction of sp³-hybridized carbons (Fsp3) is 0.440. The fourth-order valence-electron chi connectivity index (χ4n) is 4.29. The zero-order valence-corrected chi connectivity index (χ0v) is 19.8. The molecule has 1 aromatic carbocycles. The highest BCUT2D eigenvalue weighted by Crippen LogP contribution is 2.23. The molecule has 4 rings (SSSR count). The van der Waals surface area contributed by atoms with Crippen LogP contribution in [0.4, 0.5) is 0 Å². The van der Waals surface area contributed by atoms with E-state index in [-0.39, 0.29) is 17.9 Å². The van der Waals surface area contributed by atoms with Gasteiger partial charge in [-0.15, -0.1) is 11.3 Å². The summed E-state index contributed by atoms with van der Waals surface area (Å²) < 4.78 is 5.35. The highest BCUT2D eigenvalue weighted by atomic mass is 32.1. The topological polar surface area (TPSA) is 79.5 Å². The van der Waals surface area contributed by atoms with Gasteiger partial charge in [-0.05, 0) is 49.3 Å². The van der Waals surface area contributed by atoms with Crippen molar-refractivity contribution in [3.8, 4) is 10.7 Å². The average Bonchev–Trinajstić information content (AvgIpc) is 3.55. The molecule has 1 aliphatic heterocycles. The van der Waals surface area contributed by atoms with E-state index in [4.69, 9.17) is 4.52 Å². The molecule has 0 bridgehead atoms. The van der Waals surface area contributed by atoms with Crippen LogP contribution in [0, 0.1) is 0 Å². The van der Waals surface area contributed by atoms with E-state index < -0.39 is 0 Å². The Hall–Kier alpha value is -3.00. The molecule has 1 aliphatic rings. The molecule has 3 aromatic rings. The van der Waals surface area contributed by atoms with E-state index in [1.54, 1.807) is 11.3 Å². The predicted octanol–water partition coefficient (Wildman–Crippen LogP) is 4.66. The number of thiophene rings is 1. The standard InChI is InChI=1S/C25H30N4O3S/c1-2-15-29(20-13-16-28(17-14-20)25(31)19-8-4-3-5-9-19)23(30)12-6-11-22-26-24(27-32-22)21-10-7-18-33-21/h3-5,7-10,18,20H,2,6,11-17H2,1H3. The summed E-state index contributed by atoms with van der Waals surface area (Å²) in [5.74, 6) is 1.42. The number of nitrogens with zero attached hydrogens (tertiary/aromatic N) is 4. The lowest BCUT2D eigenvalue weighted by atomic mass is 10.0. The minimum absolute atomic E-state index is 0.0730. The molecule has 0 unspecified atom stereocenters. The average molecular weight is 467 g/mol. The molecular weight excluding hydrogens is 436 g/mol. The summed E-state index contributed by atoms with van der Waals surface area (Å²) in [6, 6.07) is 13.5. The van der Waals surface area contributed by atoms with Crippen molar-refractivity contribution in [2.75, 3.05) is 19.6 Å². The second kappa shape index (κ2) is 11.2. The third-order valence-electron chi connectivity index (χ3n) is 5.99. The maximum atomic E-state index is 13.0. The molecule has 3 heterocycles. The first-order valence-corrected chi connectivity index (χ1v) is 12.5. The largest absolute Gasteiger partial charge is 0.340 e. The predicted molar refractivity (Wildman–Crippen MR) is 128 cm³/mol. The lowest BCUT2D eigenvalue weighted by Crippen LogP contribution is -2.49. The molecule has 2 amide bonds. The summed E-state index contributed by atoms with van der Waals surface area (Å²) in [6.45, 7) is 4.21. The summed E-state index contributed by atoms with van der Waals surface area (Å²) in [7, 11) is 0. The maximum Gasteiger partial charge on any atom is 0.253 e. The second-order valence-corrected chi connectivity index (χ2v) is 9.27. The SMILES string of the molecule is CCCN(C(=O)CCCc1nc(-c2cccs2)no1)C1CCN(C(=O)c2ccccc2)CC1. The van der Waals surface area contributed by atoms with Crippen molar-refractivity contribution in [1.82, 2.24) is 19.9 Å². The molecule has 0 atom stereocenters. The lowest BCUT2D eigenvalue weighted by molar-refractivity contribution is -0.134. The zero-order valence-electron chi connectivity index (χ0n) is 19.0. The fourth-order valence-corrected chi connectivity index (χ4v) is 4.94. The van der Waals surface area contributed by atoms with Crippen molar-refractivity contribution < 1.29 is 14.1 Å². The third-order valence-corrected chi connectivity index (χ3v) is 6.85. The van der Waals surface area contributed by atoms with Crippen LogP contribution in [-0.4, -0.2) is 57.4 Å². The summed E-state index contributed by atoms with van der Waals surface area (Å²) in [5, 5.41) is 6.01. The lowest BCUT2D eigenvalue weighted by Gasteiger charge is -2.38. The van der Waals surface area contributed by atoms with Gasteiger partial charge in [0.2, 0.25) is 17.6 Å². The highest BCUT2D eigenvalue weighted by Gasteiger charge is 2.29. The molecule has 1 saturated heterocycles. The van der Waals surface area contributed by atoms with Crippen LogP contribution in [-0.2, 0) is 11.2 Å². The van der Waals surface area contributed by atoms with Gasteiger partial charge < -0.3 is 14.3 Å². The van der Waals surface area contributed by atoms with Crippen LogP contribution >= 0.6 is 11.3 Å². The number of piperidine rings is 1. The van der Waals surface area contributed by atoms with Gasteiger partial charge in [-0.3, -0.25) is 9.59 Å². The molecule has 0 saturated carbocycles. The second-order valence-electron chi connectivity index (χ2n) is 8.32. The van der Waals surface area contributed by atoms with Gasteiger partial charge in [0, 0.05) is 44.1 Å². The number of rotatable bonds is 9. The van der Waals surface area contributed by atoms with E-state index in [9.17, 15) is 9.59 Å².